The van der Waals surface area contributed by atoms with Crippen LogP contribution in [-0.2, 0) is 19.2 Å². The zero-order valence-electron chi connectivity index (χ0n) is 13.4. The average molecular weight is 370 g/mol. The molecule has 0 bridgehead atoms. The van der Waals surface area contributed by atoms with Gasteiger partial charge in [-0.3, -0.25) is 19.2 Å². The summed E-state index contributed by atoms with van der Waals surface area (Å²) < 4.78 is 0. The van der Waals surface area contributed by atoms with Crippen LogP contribution in [0.1, 0.15) is 38.5 Å². The van der Waals surface area contributed by atoms with Crippen molar-refractivity contribution >= 4 is 45.6 Å². The summed E-state index contributed by atoms with van der Waals surface area (Å²) in [6.45, 7) is 0. The molecule has 2 saturated heterocycles. The molecule has 2 aliphatic heterocycles. The summed E-state index contributed by atoms with van der Waals surface area (Å²) in [4.78, 5) is 47.0. The van der Waals surface area contributed by atoms with Crippen LogP contribution in [0, 0.1) is 11.8 Å². The van der Waals surface area contributed by atoms with Crippen LogP contribution in [0.3, 0.4) is 0 Å². The molecule has 0 spiro atoms. The highest BCUT2D eigenvalue weighted by molar-refractivity contribution is 8.14. The minimum Gasteiger partial charge on any atom is -0.353 e. The fourth-order valence-electron chi connectivity index (χ4n) is 3.45. The van der Waals surface area contributed by atoms with Crippen LogP contribution in [-0.4, -0.2) is 45.6 Å². The van der Waals surface area contributed by atoms with Gasteiger partial charge in [-0.15, -0.1) is 0 Å². The number of amides is 2. The van der Waals surface area contributed by atoms with Gasteiger partial charge in [0.1, 0.15) is 0 Å². The monoisotopic (exact) mass is 370 g/mol. The van der Waals surface area contributed by atoms with Crippen LogP contribution in [0.5, 0.6) is 0 Å². The van der Waals surface area contributed by atoms with Crippen molar-refractivity contribution in [3.8, 4) is 0 Å². The molecule has 3 aliphatic rings. The van der Waals surface area contributed by atoms with Crippen molar-refractivity contribution in [3.05, 3.63) is 0 Å². The van der Waals surface area contributed by atoms with Gasteiger partial charge in [0.15, 0.2) is 10.2 Å². The van der Waals surface area contributed by atoms with Crippen molar-refractivity contribution in [2.24, 2.45) is 11.8 Å². The predicted octanol–water partition coefficient (Wildman–Crippen LogP) is 1.09. The Morgan fingerprint density at radius 3 is 1.67 bits per heavy atom. The zero-order chi connectivity index (χ0) is 17.1. The Morgan fingerprint density at radius 1 is 0.833 bits per heavy atom. The maximum atomic E-state index is 12.2. The maximum Gasteiger partial charge on any atom is 0.224 e. The van der Waals surface area contributed by atoms with E-state index in [1.165, 1.54) is 23.5 Å². The van der Waals surface area contributed by atoms with Crippen molar-refractivity contribution < 1.29 is 19.2 Å². The van der Waals surface area contributed by atoms with Crippen LogP contribution in [0.2, 0.25) is 0 Å². The summed E-state index contributed by atoms with van der Waals surface area (Å²) in [6.07, 6.45) is 4.15. The molecule has 6 nitrogen and oxygen atoms in total. The number of rotatable bonds is 4. The van der Waals surface area contributed by atoms with E-state index in [1.807, 2.05) is 0 Å². The first kappa shape index (κ1) is 17.8. The van der Waals surface area contributed by atoms with Gasteiger partial charge in [-0.1, -0.05) is 23.5 Å². The molecule has 2 heterocycles. The Balaban J connectivity index is 1.45. The lowest BCUT2D eigenvalue weighted by molar-refractivity contribution is -0.127. The van der Waals surface area contributed by atoms with Gasteiger partial charge in [0, 0.05) is 36.4 Å². The predicted molar refractivity (Wildman–Crippen MR) is 93.5 cm³/mol. The molecule has 4 unspecified atom stereocenters. The Morgan fingerprint density at radius 2 is 1.29 bits per heavy atom. The van der Waals surface area contributed by atoms with E-state index in [0.717, 1.165) is 25.7 Å². The fraction of sp³-hybridized carbons (Fsp3) is 0.750. The number of carbonyl (C=O) groups is 4. The first-order valence-electron chi connectivity index (χ1n) is 8.43. The maximum absolute atomic E-state index is 12.2. The molecule has 4 atom stereocenters. The molecular weight excluding hydrogens is 348 g/mol. The van der Waals surface area contributed by atoms with Gasteiger partial charge < -0.3 is 10.6 Å². The van der Waals surface area contributed by atoms with Crippen molar-refractivity contribution in [1.29, 1.82) is 0 Å². The number of hydrogen-bond donors (Lipinski definition) is 2. The van der Waals surface area contributed by atoms with E-state index in [-0.39, 0.29) is 46.0 Å². The van der Waals surface area contributed by atoms with Gasteiger partial charge in [-0.2, -0.15) is 0 Å². The lowest BCUT2D eigenvalue weighted by Gasteiger charge is -2.31. The molecule has 2 amide bonds. The van der Waals surface area contributed by atoms with Crippen molar-refractivity contribution in [2.45, 2.75) is 50.6 Å². The number of hydrogen-bond acceptors (Lipinski definition) is 6. The molecule has 24 heavy (non-hydrogen) atoms. The summed E-state index contributed by atoms with van der Waals surface area (Å²) in [5.74, 6) is 0.653. The van der Waals surface area contributed by atoms with E-state index in [4.69, 9.17) is 0 Å². The molecule has 3 fully saturated rings. The van der Waals surface area contributed by atoms with Crippen LogP contribution in [0.15, 0.2) is 0 Å². The highest BCUT2D eigenvalue weighted by Crippen LogP contribution is 2.28. The van der Waals surface area contributed by atoms with E-state index in [1.54, 1.807) is 0 Å². The first-order chi connectivity index (χ1) is 11.5. The molecule has 132 valence electrons. The molecule has 1 saturated carbocycles. The quantitative estimate of drug-likeness (QED) is 0.770. The smallest absolute Gasteiger partial charge is 0.224 e. The van der Waals surface area contributed by atoms with Crippen molar-refractivity contribution in [1.82, 2.24) is 10.6 Å². The number of thioether (sulfide) groups is 2. The molecule has 0 aromatic heterocycles. The molecule has 8 heteroatoms. The van der Waals surface area contributed by atoms with Crippen molar-refractivity contribution in [2.75, 3.05) is 11.5 Å². The van der Waals surface area contributed by atoms with E-state index < -0.39 is 0 Å². The Labute approximate surface area is 149 Å². The van der Waals surface area contributed by atoms with E-state index in [0.29, 0.717) is 24.3 Å². The third-order valence-corrected chi connectivity index (χ3v) is 6.94. The van der Waals surface area contributed by atoms with E-state index in [9.17, 15) is 19.2 Å². The topological polar surface area (TPSA) is 92.3 Å². The van der Waals surface area contributed by atoms with Crippen LogP contribution in [0.25, 0.3) is 0 Å². The fourth-order valence-corrected chi connectivity index (χ4v) is 5.40. The second-order valence-corrected chi connectivity index (χ2v) is 8.90. The van der Waals surface area contributed by atoms with Crippen LogP contribution in [0.4, 0.5) is 0 Å². The third-order valence-electron chi connectivity index (χ3n) is 4.83. The molecule has 2 N–H and O–H groups in total. The van der Waals surface area contributed by atoms with Gasteiger partial charge in [-0.05, 0) is 25.7 Å². The summed E-state index contributed by atoms with van der Waals surface area (Å²) in [5, 5.41) is 6.28. The SMILES string of the molecule is O=C1CC(C(=O)NC2CCCC(NC(=O)C3CSC(=O)C3)C2)CS1. The minimum atomic E-state index is -0.209. The van der Waals surface area contributed by atoms with Crippen LogP contribution < -0.4 is 10.6 Å². The highest BCUT2D eigenvalue weighted by atomic mass is 32.2. The highest BCUT2D eigenvalue weighted by Gasteiger charge is 2.33. The van der Waals surface area contributed by atoms with E-state index in [2.05, 4.69) is 10.6 Å². The lowest BCUT2D eigenvalue weighted by Crippen LogP contribution is -2.48. The standard InChI is InChI=1S/C16H22N2O4S2/c19-13-4-9(7-23-13)15(21)17-11-2-1-3-12(6-11)18-16(22)10-5-14(20)24-8-10/h9-12H,1-8H2,(H,17,21)(H,18,22). The lowest BCUT2D eigenvalue weighted by atomic mass is 9.90. The second kappa shape index (κ2) is 7.91. The molecular formula is C16H22N2O4S2. The molecule has 3 rings (SSSR count). The minimum absolute atomic E-state index is 0.0388. The molecule has 0 aromatic carbocycles. The molecule has 0 aromatic rings. The normalized spacial score (nSPS) is 33.5. The van der Waals surface area contributed by atoms with Crippen molar-refractivity contribution in [3.63, 3.8) is 0 Å². The summed E-state index contributed by atoms with van der Waals surface area (Å²) >= 11 is 2.47. The van der Waals surface area contributed by atoms with Gasteiger partial charge in [0.2, 0.25) is 11.8 Å². The van der Waals surface area contributed by atoms with Gasteiger partial charge in [0.05, 0.1) is 11.8 Å². The van der Waals surface area contributed by atoms with E-state index >= 15 is 0 Å². The summed E-state index contributed by atoms with van der Waals surface area (Å²) in [5.41, 5.74) is 0. The molecule has 0 radical (unpaired) electrons. The number of carbonyl (C=O) groups excluding carboxylic acids is 4. The number of nitrogens with one attached hydrogen (secondary N) is 2. The van der Waals surface area contributed by atoms with Gasteiger partial charge in [0.25, 0.3) is 0 Å². The third kappa shape index (κ3) is 4.53. The first-order valence-corrected chi connectivity index (χ1v) is 10.4. The summed E-state index contributed by atoms with van der Waals surface area (Å²) in [7, 11) is 0. The Bertz CT molecular complexity index is 508. The van der Waals surface area contributed by atoms with Gasteiger partial charge in [-0.25, -0.2) is 0 Å². The van der Waals surface area contributed by atoms with Gasteiger partial charge >= 0.3 is 0 Å². The summed E-state index contributed by atoms with van der Waals surface area (Å²) in [6, 6.07) is 0.105. The van der Waals surface area contributed by atoms with Crippen LogP contribution >= 0.6 is 23.5 Å². The Kier molecular flexibility index (Phi) is 5.86. The average Bonchev–Trinajstić information content (AvgIpc) is 3.16. The largest absolute Gasteiger partial charge is 0.353 e. The second-order valence-electron chi connectivity index (χ2n) is 6.75. The molecule has 1 aliphatic carbocycles. The Hall–Kier alpha value is -1.02. The zero-order valence-corrected chi connectivity index (χ0v) is 15.0.